The van der Waals surface area contributed by atoms with Gasteiger partial charge in [0, 0.05) is 12.3 Å². The minimum absolute atomic E-state index is 0.495. The van der Waals surface area contributed by atoms with Crippen molar-refractivity contribution in [2.45, 2.75) is 18.6 Å². The third-order valence-electron chi connectivity index (χ3n) is 3.74. The van der Waals surface area contributed by atoms with Crippen molar-refractivity contribution in [2.75, 3.05) is 12.3 Å². The fraction of sp³-hybridized carbons (Fsp3) is 0.294. The first-order chi connectivity index (χ1) is 9.69. The third-order valence-corrected chi connectivity index (χ3v) is 3.97. The Labute approximate surface area is 126 Å². The zero-order valence-corrected chi connectivity index (χ0v) is 12.6. The molecule has 2 N–H and O–H groups in total. The predicted molar refractivity (Wildman–Crippen MR) is 87.2 cm³/mol. The van der Waals surface area contributed by atoms with Gasteiger partial charge in [0.05, 0.1) is 5.41 Å². The lowest BCUT2D eigenvalue weighted by Crippen LogP contribution is -2.48. The van der Waals surface area contributed by atoms with Crippen molar-refractivity contribution < 1.29 is 5.11 Å². The maximum absolute atomic E-state index is 10.7. The van der Waals surface area contributed by atoms with E-state index in [0.29, 0.717) is 12.3 Å². The molecule has 2 aromatic carbocycles. The smallest absolute Gasteiger partial charge is 0.118 e. The van der Waals surface area contributed by atoms with Gasteiger partial charge in [-0.3, -0.25) is 5.32 Å². The summed E-state index contributed by atoms with van der Waals surface area (Å²) in [6.45, 7) is 2.73. The summed E-state index contributed by atoms with van der Waals surface area (Å²) in [6, 6.07) is 20.2. The first-order valence-corrected chi connectivity index (χ1v) is 7.46. The highest BCUT2D eigenvalue weighted by atomic mass is 32.1. The van der Waals surface area contributed by atoms with Crippen LogP contribution in [0.4, 0.5) is 0 Å². The van der Waals surface area contributed by atoms with Crippen LogP contribution in [0.2, 0.25) is 0 Å². The fourth-order valence-corrected chi connectivity index (χ4v) is 2.59. The van der Waals surface area contributed by atoms with Gasteiger partial charge in [0.15, 0.2) is 0 Å². The van der Waals surface area contributed by atoms with Crippen LogP contribution in [0.15, 0.2) is 60.7 Å². The number of benzene rings is 2. The van der Waals surface area contributed by atoms with Crippen molar-refractivity contribution in [3.8, 4) is 0 Å². The van der Waals surface area contributed by atoms with E-state index in [9.17, 15) is 5.11 Å². The molecule has 2 rings (SSSR count). The fourth-order valence-electron chi connectivity index (χ4n) is 2.46. The number of aliphatic hydroxyl groups excluding tert-OH is 1. The Kier molecular flexibility index (Phi) is 5.24. The van der Waals surface area contributed by atoms with Crippen LogP contribution in [0.25, 0.3) is 0 Å². The average molecular weight is 287 g/mol. The molecular weight excluding hydrogens is 266 g/mol. The van der Waals surface area contributed by atoms with Crippen LogP contribution in [-0.4, -0.2) is 23.6 Å². The molecule has 2 aromatic rings. The summed E-state index contributed by atoms with van der Waals surface area (Å²) in [4.78, 5) is 0. The molecule has 1 atom stereocenters. The number of nitrogens with one attached hydrogen (secondary N) is 1. The molecule has 20 heavy (non-hydrogen) atoms. The summed E-state index contributed by atoms with van der Waals surface area (Å²) in [7, 11) is 0. The van der Waals surface area contributed by atoms with Gasteiger partial charge >= 0.3 is 0 Å². The van der Waals surface area contributed by atoms with Crippen molar-refractivity contribution in [2.24, 2.45) is 0 Å². The Bertz CT molecular complexity index is 476. The summed E-state index contributed by atoms with van der Waals surface area (Å²) >= 11 is 4.19. The molecule has 0 radical (unpaired) electrons. The van der Waals surface area contributed by atoms with Crippen LogP contribution in [0.3, 0.4) is 0 Å². The lowest BCUT2D eigenvalue weighted by molar-refractivity contribution is 0.0797. The Morgan fingerprint density at radius 2 is 1.45 bits per heavy atom. The van der Waals surface area contributed by atoms with Gasteiger partial charge in [-0.1, -0.05) is 60.7 Å². The molecule has 106 valence electrons. The second-order valence-electron chi connectivity index (χ2n) is 5.01. The van der Waals surface area contributed by atoms with Crippen LogP contribution in [0.1, 0.15) is 18.1 Å². The maximum Gasteiger partial charge on any atom is 0.118 e. The second-order valence-corrected chi connectivity index (χ2v) is 5.46. The maximum atomic E-state index is 10.7. The lowest BCUT2D eigenvalue weighted by atomic mass is 9.74. The highest BCUT2D eigenvalue weighted by Crippen LogP contribution is 2.34. The molecule has 0 bridgehead atoms. The van der Waals surface area contributed by atoms with Crippen molar-refractivity contribution in [1.82, 2.24) is 5.32 Å². The molecule has 0 spiro atoms. The predicted octanol–water partition coefficient (Wildman–Crippen LogP) is 2.83. The molecule has 3 heteroatoms. The van der Waals surface area contributed by atoms with Crippen LogP contribution in [0.5, 0.6) is 0 Å². The molecule has 0 aliphatic heterocycles. The summed E-state index contributed by atoms with van der Waals surface area (Å²) in [5.41, 5.74) is 1.68. The number of rotatable bonds is 6. The lowest BCUT2D eigenvalue weighted by Gasteiger charge is -2.36. The SMILES string of the molecule is CC(c1ccccc1)(c1ccccc1)[C@H](O)NCCS. The zero-order chi connectivity index (χ0) is 14.4. The molecule has 2 nitrogen and oxygen atoms in total. The van der Waals surface area contributed by atoms with Crippen LogP contribution in [0, 0.1) is 0 Å². The van der Waals surface area contributed by atoms with Gasteiger partial charge in [-0.25, -0.2) is 0 Å². The number of thiol groups is 1. The van der Waals surface area contributed by atoms with Crippen molar-refractivity contribution in [1.29, 1.82) is 0 Å². The average Bonchev–Trinajstić information content (AvgIpc) is 2.53. The van der Waals surface area contributed by atoms with E-state index in [-0.39, 0.29) is 0 Å². The van der Waals surface area contributed by atoms with Crippen molar-refractivity contribution in [3.05, 3.63) is 71.8 Å². The van der Waals surface area contributed by atoms with E-state index in [4.69, 9.17) is 0 Å². The molecule has 0 aromatic heterocycles. The molecule has 0 fully saturated rings. The largest absolute Gasteiger partial charge is 0.377 e. The summed E-state index contributed by atoms with van der Waals surface area (Å²) in [5.74, 6) is 0.691. The van der Waals surface area contributed by atoms with Gasteiger partial charge in [0.1, 0.15) is 6.23 Å². The van der Waals surface area contributed by atoms with Crippen LogP contribution < -0.4 is 5.32 Å². The van der Waals surface area contributed by atoms with Crippen LogP contribution >= 0.6 is 12.6 Å². The summed E-state index contributed by atoms with van der Waals surface area (Å²) in [5, 5.41) is 13.8. The van der Waals surface area contributed by atoms with E-state index >= 15 is 0 Å². The standard InChI is InChI=1S/C17H21NOS/c1-17(16(19)18-12-13-20,14-8-4-2-5-9-14)15-10-6-3-7-11-15/h2-11,16,18-20H,12-13H2,1H3/t16-/m0/s1. The topological polar surface area (TPSA) is 32.3 Å². The van der Waals surface area contributed by atoms with E-state index in [2.05, 4.69) is 49.1 Å². The number of aliphatic hydroxyl groups is 1. The Morgan fingerprint density at radius 3 is 1.85 bits per heavy atom. The summed E-state index contributed by atoms with van der Waals surface area (Å²) < 4.78 is 0. The zero-order valence-electron chi connectivity index (χ0n) is 11.7. The van der Waals surface area contributed by atoms with Crippen LogP contribution in [-0.2, 0) is 5.41 Å². The normalized spacial score (nSPS) is 13.2. The van der Waals surface area contributed by atoms with E-state index in [0.717, 1.165) is 11.1 Å². The first-order valence-electron chi connectivity index (χ1n) is 6.83. The van der Waals surface area contributed by atoms with Gasteiger partial charge in [-0.15, -0.1) is 0 Å². The molecule has 0 aliphatic carbocycles. The minimum atomic E-state index is -0.667. The Morgan fingerprint density at radius 1 is 1.00 bits per heavy atom. The Hall–Kier alpha value is -1.29. The Balaban J connectivity index is 2.43. The molecule has 0 unspecified atom stereocenters. The van der Waals surface area contributed by atoms with E-state index < -0.39 is 11.6 Å². The number of hydrogen-bond donors (Lipinski definition) is 3. The molecule has 0 amide bonds. The van der Waals surface area contributed by atoms with Crippen molar-refractivity contribution in [3.63, 3.8) is 0 Å². The molecule has 0 saturated carbocycles. The third kappa shape index (κ3) is 3.06. The summed E-state index contributed by atoms with van der Waals surface area (Å²) in [6.07, 6.45) is -0.667. The van der Waals surface area contributed by atoms with E-state index in [1.807, 2.05) is 36.4 Å². The van der Waals surface area contributed by atoms with E-state index in [1.165, 1.54) is 0 Å². The van der Waals surface area contributed by atoms with Gasteiger partial charge in [-0.05, 0) is 18.1 Å². The quantitative estimate of drug-likeness (QED) is 0.564. The molecule has 0 heterocycles. The second kappa shape index (κ2) is 6.93. The molecular formula is C17H21NOS. The monoisotopic (exact) mass is 287 g/mol. The van der Waals surface area contributed by atoms with Crippen molar-refractivity contribution >= 4 is 12.6 Å². The van der Waals surface area contributed by atoms with Gasteiger partial charge in [-0.2, -0.15) is 12.6 Å². The van der Waals surface area contributed by atoms with Gasteiger partial charge < -0.3 is 5.11 Å². The van der Waals surface area contributed by atoms with Gasteiger partial charge in [0.2, 0.25) is 0 Å². The highest BCUT2D eigenvalue weighted by molar-refractivity contribution is 7.80. The number of hydrogen-bond acceptors (Lipinski definition) is 3. The highest BCUT2D eigenvalue weighted by Gasteiger charge is 2.36. The molecule has 0 saturated heterocycles. The first kappa shape index (κ1) is 15.1. The molecule has 0 aliphatic rings. The van der Waals surface area contributed by atoms with Gasteiger partial charge in [0.25, 0.3) is 0 Å². The minimum Gasteiger partial charge on any atom is -0.377 e. The van der Waals surface area contributed by atoms with E-state index in [1.54, 1.807) is 0 Å².